The van der Waals surface area contributed by atoms with Gasteiger partial charge in [0, 0.05) is 0 Å². The third-order valence-electron chi connectivity index (χ3n) is 1.43. The van der Waals surface area contributed by atoms with Crippen molar-refractivity contribution in [2.24, 2.45) is 0 Å². The van der Waals surface area contributed by atoms with E-state index in [9.17, 15) is 4.79 Å². The maximum absolute atomic E-state index is 10.4. The van der Waals surface area contributed by atoms with E-state index in [0.717, 1.165) is 5.56 Å². The molecular weight excluding hydrogens is 160 g/mol. The van der Waals surface area contributed by atoms with Crippen LogP contribution in [0.3, 0.4) is 0 Å². The van der Waals surface area contributed by atoms with Crippen molar-refractivity contribution < 1.29 is 20.0 Å². The van der Waals surface area contributed by atoms with Gasteiger partial charge in [0.25, 0.3) is 0 Å². The molecule has 4 nitrogen and oxygen atoms in total. The Morgan fingerprint density at radius 1 is 1.33 bits per heavy atom. The van der Waals surface area contributed by atoms with Crippen molar-refractivity contribution in [2.75, 3.05) is 0 Å². The molecule has 0 atom stereocenters. The van der Waals surface area contributed by atoms with Crippen LogP contribution in [-0.2, 0) is 11.5 Å². The zero-order valence-electron chi connectivity index (χ0n) is 6.23. The summed E-state index contributed by atoms with van der Waals surface area (Å²) in [4.78, 5) is 14.3. The molecule has 0 aliphatic rings. The normalized spacial score (nSPS) is 9.75. The van der Waals surface area contributed by atoms with E-state index in [1.54, 1.807) is 12.1 Å². The van der Waals surface area contributed by atoms with Gasteiger partial charge in [0.05, 0.1) is 5.56 Å². The number of carboxylic acids is 1. The lowest BCUT2D eigenvalue weighted by atomic mass is 10.1. The van der Waals surface area contributed by atoms with Crippen LogP contribution in [0.25, 0.3) is 0 Å². The highest BCUT2D eigenvalue weighted by atomic mass is 17.1. The molecule has 1 aromatic carbocycles. The molecule has 0 aromatic heterocycles. The summed E-state index contributed by atoms with van der Waals surface area (Å²) in [5.74, 6) is -0.966. The Morgan fingerprint density at radius 3 is 2.33 bits per heavy atom. The van der Waals surface area contributed by atoms with Gasteiger partial charge in [-0.1, -0.05) is 12.1 Å². The lowest BCUT2D eigenvalue weighted by molar-refractivity contribution is -0.253. The summed E-state index contributed by atoms with van der Waals surface area (Å²) in [6, 6.07) is 6.08. The molecule has 0 heterocycles. The van der Waals surface area contributed by atoms with Crippen LogP contribution in [0.1, 0.15) is 15.9 Å². The number of hydrogen-bond acceptors (Lipinski definition) is 3. The van der Waals surface area contributed by atoms with Gasteiger partial charge < -0.3 is 5.11 Å². The van der Waals surface area contributed by atoms with Crippen LogP contribution in [0.2, 0.25) is 0 Å². The van der Waals surface area contributed by atoms with Crippen LogP contribution in [0, 0.1) is 0 Å². The number of carbonyl (C=O) groups is 1. The first-order valence-corrected chi connectivity index (χ1v) is 3.32. The number of carboxylic acid groups (broad SMARTS) is 1. The first kappa shape index (κ1) is 8.70. The van der Waals surface area contributed by atoms with Crippen molar-refractivity contribution in [1.82, 2.24) is 0 Å². The van der Waals surface area contributed by atoms with Crippen molar-refractivity contribution in [3.05, 3.63) is 35.4 Å². The molecule has 0 unspecified atom stereocenters. The fraction of sp³-hybridized carbons (Fsp3) is 0.125. The number of hydrogen-bond donors (Lipinski definition) is 2. The van der Waals surface area contributed by atoms with Crippen molar-refractivity contribution in [1.29, 1.82) is 0 Å². The second kappa shape index (κ2) is 3.85. The van der Waals surface area contributed by atoms with E-state index in [-0.39, 0.29) is 12.2 Å². The molecular formula is C8H8O4. The predicted molar refractivity (Wildman–Crippen MR) is 40.8 cm³/mol. The monoisotopic (exact) mass is 168 g/mol. The number of rotatable bonds is 3. The minimum Gasteiger partial charge on any atom is -0.478 e. The van der Waals surface area contributed by atoms with Crippen LogP contribution >= 0.6 is 0 Å². The molecule has 0 aliphatic carbocycles. The second-order valence-electron chi connectivity index (χ2n) is 2.28. The van der Waals surface area contributed by atoms with Crippen LogP contribution in [0.4, 0.5) is 0 Å². The van der Waals surface area contributed by atoms with E-state index in [0.29, 0.717) is 0 Å². The summed E-state index contributed by atoms with van der Waals surface area (Å²) < 4.78 is 0. The van der Waals surface area contributed by atoms with Crippen LogP contribution < -0.4 is 0 Å². The fourth-order valence-corrected chi connectivity index (χ4v) is 0.818. The van der Waals surface area contributed by atoms with E-state index >= 15 is 0 Å². The molecule has 12 heavy (non-hydrogen) atoms. The molecule has 0 bridgehead atoms. The smallest absolute Gasteiger partial charge is 0.335 e. The molecule has 0 amide bonds. The van der Waals surface area contributed by atoms with Gasteiger partial charge in [0.15, 0.2) is 0 Å². The van der Waals surface area contributed by atoms with Gasteiger partial charge in [-0.15, -0.1) is 0 Å². The Labute approximate surface area is 69.0 Å². The lowest BCUT2D eigenvalue weighted by Crippen LogP contribution is -1.96. The predicted octanol–water partition coefficient (Wildman–Crippen LogP) is 1.37. The summed E-state index contributed by atoms with van der Waals surface area (Å²) >= 11 is 0. The van der Waals surface area contributed by atoms with Gasteiger partial charge in [-0.3, -0.25) is 5.26 Å². The molecule has 0 fully saturated rings. The second-order valence-corrected chi connectivity index (χ2v) is 2.28. The molecule has 0 saturated carbocycles. The Bertz CT molecular complexity index is 265. The molecule has 4 heteroatoms. The summed E-state index contributed by atoms with van der Waals surface area (Å²) in [6.07, 6.45) is 0. The molecule has 0 saturated heterocycles. The number of benzene rings is 1. The van der Waals surface area contributed by atoms with Crippen molar-refractivity contribution in [3.8, 4) is 0 Å². The highest BCUT2D eigenvalue weighted by molar-refractivity contribution is 5.87. The molecule has 0 spiro atoms. The van der Waals surface area contributed by atoms with Gasteiger partial charge in [-0.05, 0) is 17.7 Å². The zero-order valence-corrected chi connectivity index (χ0v) is 6.23. The minimum absolute atomic E-state index is 0.0693. The van der Waals surface area contributed by atoms with Gasteiger partial charge in [0.1, 0.15) is 6.61 Å². The quantitative estimate of drug-likeness (QED) is 0.528. The zero-order chi connectivity index (χ0) is 8.97. The molecule has 1 rings (SSSR count). The third kappa shape index (κ3) is 2.05. The van der Waals surface area contributed by atoms with Crippen molar-refractivity contribution in [3.63, 3.8) is 0 Å². The van der Waals surface area contributed by atoms with Gasteiger partial charge >= 0.3 is 5.97 Å². The van der Waals surface area contributed by atoms with E-state index < -0.39 is 5.97 Å². The largest absolute Gasteiger partial charge is 0.478 e. The maximum Gasteiger partial charge on any atom is 0.335 e. The van der Waals surface area contributed by atoms with E-state index in [1.807, 2.05) is 0 Å². The summed E-state index contributed by atoms with van der Waals surface area (Å²) in [6.45, 7) is 0.0693. The first-order chi connectivity index (χ1) is 5.74. The minimum atomic E-state index is -0.966. The van der Waals surface area contributed by atoms with E-state index in [1.165, 1.54) is 12.1 Å². The average Bonchev–Trinajstić information content (AvgIpc) is 2.06. The van der Waals surface area contributed by atoms with Crippen LogP contribution in [0.5, 0.6) is 0 Å². The van der Waals surface area contributed by atoms with Gasteiger partial charge in [-0.2, -0.15) is 0 Å². The van der Waals surface area contributed by atoms with E-state index in [4.69, 9.17) is 10.4 Å². The van der Waals surface area contributed by atoms with Crippen molar-refractivity contribution >= 4 is 5.97 Å². The molecule has 0 radical (unpaired) electrons. The lowest BCUT2D eigenvalue weighted by Gasteiger charge is -1.97. The highest BCUT2D eigenvalue weighted by Crippen LogP contribution is 2.04. The molecule has 64 valence electrons. The Balaban J connectivity index is 2.78. The number of aromatic carboxylic acids is 1. The topological polar surface area (TPSA) is 66.8 Å². The average molecular weight is 168 g/mol. The summed E-state index contributed by atoms with van der Waals surface area (Å²) in [7, 11) is 0. The Hall–Kier alpha value is -1.39. The van der Waals surface area contributed by atoms with Crippen LogP contribution in [0.15, 0.2) is 24.3 Å². The van der Waals surface area contributed by atoms with E-state index in [2.05, 4.69) is 4.89 Å². The summed E-state index contributed by atoms with van der Waals surface area (Å²) in [5, 5.41) is 16.6. The molecule has 1 aromatic rings. The Kier molecular flexibility index (Phi) is 2.79. The molecule has 2 N–H and O–H groups in total. The van der Waals surface area contributed by atoms with Gasteiger partial charge in [0.2, 0.25) is 0 Å². The van der Waals surface area contributed by atoms with Gasteiger partial charge in [-0.25, -0.2) is 9.68 Å². The standard InChI is InChI=1S/C8H8O4/c9-8(10)7-3-1-6(2-4-7)5-12-11/h1-4,11H,5H2,(H,9,10). The highest BCUT2D eigenvalue weighted by Gasteiger charge is 2.00. The molecule has 0 aliphatic heterocycles. The maximum atomic E-state index is 10.4. The first-order valence-electron chi connectivity index (χ1n) is 3.32. The fourth-order valence-electron chi connectivity index (χ4n) is 0.818. The summed E-state index contributed by atoms with van der Waals surface area (Å²) in [5.41, 5.74) is 0.944. The SMILES string of the molecule is O=C(O)c1ccc(COO)cc1. The van der Waals surface area contributed by atoms with Crippen LogP contribution in [-0.4, -0.2) is 16.3 Å². The van der Waals surface area contributed by atoms with Crippen molar-refractivity contribution in [2.45, 2.75) is 6.61 Å². The third-order valence-corrected chi connectivity index (χ3v) is 1.43. The Morgan fingerprint density at radius 2 is 1.92 bits per heavy atom.